The summed E-state index contributed by atoms with van der Waals surface area (Å²) < 4.78 is 2.17. The molecule has 0 aliphatic rings. The number of aryl methyl sites for hydroxylation is 1. The molecule has 3 aromatic rings. The maximum absolute atomic E-state index is 12.6. The van der Waals surface area contributed by atoms with E-state index in [4.69, 9.17) is 11.6 Å². The summed E-state index contributed by atoms with van der Waals surface area (Å²) in [5.74, 6) is -0.869. The van der Waals surface area contributed by atoms with E-state index >= 15 is 0 Å². The Labute approximate surface area is 170 Å². The van der Waals surface area contributed by atoms with Gasteiger partial charge in [-0.25, -0.2) is 9.78 Å². The van der Waals surface area contributed by atoms with Crippen LogP contribution in [0.25, 0.3) is 11.0 Å². The zero-order chi connectivity index (χ0) is 21.5. The number of nitrogens with one attached hydrogen (secondary N) is 1. The molecule has 2 aromatic heterocycles. The molecular weight excluding hydrogens is 398 g/mol. The van der Waals surface area contributed by atoms with E-state index in [1.165, 1.54) is 47.8 Å². The van der Waals surface area contributed by atoms with Gasteiger partial charge in [0.15, 0.2) is 0 Å². The molecule has 3 rings (SSSR count). The van der Waals surface area contributed by atoms with Crippen molar-refractivity contribution in [2.24, 2.45) is 14.1 Å². The van der Waals surface area contributed by atoms with Crippen molar-refractivity contribution in [1.29, 1.82) is 0 Å². The summed E-state index contributed by atoms with van der Waals surface area (Å²) >= 11 is 6.08. The Kier molecular flexibility index (Phi) is 5.25. The average molecular weight is 416 g/mol. The number of halogens is 1. The third kappa shape index (κ3) is 3.64. The fourth-order valence-corrected chi connectivity index (χ4v) is 2.98. The van der Waals surface area contributed by atoms with Gasteiger partial charge >= 0.3 is 5.69 Å². The first-order chi connectivity index (χ1) is 13.6. The van der Waals surface area contributed by atoms with E-state index in [1.807, 2.05) is 0 Å². The minimum absolute atomic E-state index is 0.0104. The number of fused-ring (bicyclic) bond motifs is 1. The van der Waals surface area contributed by atoms with Gasteiger partial charge in [-0.05, 0) is 30.3 Å². The van der Waals surface area contributed by atoms with E-state index in [2.05, 4.69) is 10.3 Å². The lowest BCUT2D eigenvalue weighted by Crippen LogP contribution is -2.37. The van der Waals surface area contributed by atoms with Gasteiger partial charge in [0, 0.05) is 33.9 Å². The second-order valence-electron chi connectivity index (χ2n) is 6.62. The van der Waals surface area contributed by atoms with Crippen LogP contribution in [0, 0.1) is 0 Å². The fourth-order valence-electron chi connectivity index (χ4n) is 2.78. The maximum Gasteiger partial charge on any atom is 0.332 e. The Bertz CT molecular complexity index is 1280. The number of carbonyl (C=O) groups is 2. The van der Waals surface area contributed by atoms with Gasteiger partial charge in [-0.1, -0.05) is 11.6 Å². The molecule has 10 heteroatoms. The zero-order valence-corrected chi connectivity index (χ0v) is 16.9. The number of pyridine rings is 1. The SMILES string of the molecule is CN(C)C(=O)c1cc(NC(=O)c2ccc3c(=O)n(C)c(=O)n(C)c3n2)ccc1Cl. The van der Waals surface area contributed by atoms with E-state index in [0.29, 0.717) is 5.69 Å². The molecule has 0 aliphatic carbocycles. The topological polar surface area (TPSA) is 106 Å². The molecule has 0 fully saturated rings. The number of benzene rings is 1. The molecule has 2 amide bonds. The van der Waals surface area contributed by atoms with Gasteiger partial charge in [0.05, 0.1) is 16.0 Å². The van der Waals surface area contributed by atoms with Gasteiger partial charge in [0.25, 0.3) is 17.4 Å². The number of anilines is 1. The maximum atomic E-state index is 12.6. The van der Waals surface area contributed by atoms with Crippen molar-refractivity contribution in [1.82, 2.24) is 19.0 Å². The number of carbonyl (C=O) groups excluding carboxylic acids is 2. The molecule has 9 nitrogen and oxygen atoms in total. The Balaban J connectivity index is 1.99. The van der Waals surface area contributed by atoms with Gasteiger partial charge < -0.3 is 10.2 Å². The van der Waals surface area contributed by atoms with E-state index in [-0.39, 0.29) is 33.2 Å². The van der Waals surface area contributed by atoms with Crippen LogP contribution in [0.3, 0.4) is 0 Å². The molecule has 0 saturated carbocycles. The largest absolute Gasteiger partial charge is 0.345 e. The standard InChI is InChI=1S/C19H18ClN5O4/c1-23(2)17(27)12-9-10(5-7-13(12)20)21-16(26)14-8-6-11-15(22-14)24(3)19(29)25(4)18(11)28/h5-9H,1-4H3,(H,21,26). The van der Waals surface area contributed by atoms with Crippen LogP contribution >= 0.6 is 11.6 Å². The monoisotopic (exact) mass is 415 g/mol. The summed E-state index contributed by atoms with van der Waals surface area (Å²) in [5.41, 5.74) is -0.332. The molecule has 150 valence electrons. The van der Waals surface area contributed by atoms with E-state index in [9.17, 15) is 19.2 Å². The van der Waals surface area contributed by atoms with Gasteiger partial charge in [-0.2, -0.15) is 0 Å². The average Bonchev–Trinajstić information content (AvgIpc) is 2.70. The molecule has 0 atom stereocenters. The lowest BCUT2D eigenvalue weighted by molar-refractivity contribution is 0.0827. The first-order valence-electron chi connectivity index (χ1n) is 8.51. The number of hydrogen-bond acceptors (Lipinski definition) is 5. The molecule has 0 saturated heterocycles. The van der Waals surface area contributed by atoms with E-state index in [0.717, 1.165) is 4.57 Å². The lowest BCUT2D eigenvalue weighted by Gasteiger charge is -2.13. The third-order valence-corrected chi connectivity index (χ3v) is 4.72. The number of nitrogens with zero attached hydrogens (tertiary/aromatic N) is 4. The number of aromatic nitrogens is 3. The molecule has 2 heterocycles. The number of hydrogen-bond donors (Lipinski definition) is 1. The quantitative estimate of drug-likeness (QED) is 0.692. The van der Waals surface area contributed by atoms with Crippen LogP contribution in [-0.4, -0.2) is 44.9 Å². The first-order valence-corrected chi connectivity index (χ1v) is 8.89. The number of amides is 2. The summed E-state index contributed by atoms with van der Waals surface area (Å²) in [4.78, 5) is 54.7. The predicted molar refractivity (Wildman–Crippen MR) is 110 cm³/mol. The van der Waals surface area contributed by atoms with Crippen LogP contribution in [0.5, 0.6) is 0 Å². The van der Waals surface area contributed by atoms with Crippen molar-refractivity contribution in [2.75, 3.05) is 19.4 Å². The Morgan fingerprint density at radius 1 is 1.07 bits per heavy atom. The van der Waals surface area contributed by atoms with Crippen LogP contribution in [0.4, 0.5) is 5.69 Å². The van der Waals surface area contributed by atoms with Crippen LogP contribution in [0.15, 0.2) is 39.9 Å². The van der Waals surface area contributed by atoms with Crippen LogP contribution in [-0.2, 0) is 14.1 Å². The summed E-state index contributed by atoms with van der Waals surface area (Å²) in [6.07, 6.45) is 0. The minimum atomic E-state index is -0.564. The molecule has 29 heavy (non-hydrogen) atoms. The van der Waals surface area contributed by atoms with Gasteiger partial charge in [-0.3, -0.25) is 23.5 Å². The van der Waals surface area contributed by atoms with Crippen molar-refractivity contribution in [2.45, 2.75) is 0 Å². The lowest BCUT2D eigenvalue weighted by atomic mass is 10.1. The van der Waals surface area contributed by atoms with E-state index < -0.39 is 17.2 Å². The molecular formula is C19H18ClN5O4. The van der Waals surface area contributed by atoms with Gasteiger partial charge in [-0.15, -0.1) is 0 Å². The Hall–Kier alpha value is -3.46. The normalized spacial score (nSPS) is 10.8. The van der Waals surface area contributed by atoms with Crippen molar-refractivity contribution < 1.29 is 9.59 Å². The highest BCUT2D eigenvalue weighted by atomic mass is 35.5. The third-order valence-electron chi connectivity index (χ3n) is 4.40. The molecule has 1 aromatic carbocycles. The predicted octanol–water partition coefficient (Wildman–Crippen LogP) is 1.24. The second-order valence-corrected chi connectivity index (χ2v) is 7.03. The van der Waals surface area contributed by atoms with Crippen molar-refractivity contribution in [3.63, 3.8) is 0 Å². The van der Waals surface area contributed by atoms with Crippen molar-refractivity contribution >= 4 is 40.1 Å². The zero-order valence-electron chi connectivity index (χ0n) is 16.2. The van der Waals surface area contributed by atoms with Gasteiger partial charge in [0.2, 0.25) is 0 Å². The van der Waals surface area contributed by atoms with Crippen LogP contribution in [0.1, 0.15) is 20.8 Å². The molecule has 0 bridgehead atoms. The Morgan fingerprint density at radius 3 is 2.41 bits per heavy atom. The minimum Gasteiger partial charge on any atom is -0.345 e. The summed E-state index contributed by atoms with van der Waals surface area (Å²) in [5, 5.41) is 3.12. The summed E-state index contributed by atoms with van der Waals surface area (Å²) in [6, 6.07) is 7.37. The molecule has 0 aliphatic heterocycles. The van der Waals surface area contributed by atoms with Crippen LogP contribution in [0.2, 0.25) is 5.02 Å². The molecule has 0 spiro atoms. The highest BCUT2D eigenvalue weighted by molar-refractivity contribution is 6.34. The summed E-state index contributed by atoms with van der Waals surface area (Å²) in [6.45, 7) is 0. The van der Waals surface area contributed by atoms with Crippen LogP contribution < -0.4 is 16.6 Å². The Morgan fingerprint density at radius 2 is 1.76 bits per heavy atom. The molecule has 1 N–H and O–H groups in total. The second kappa shape index (κ2) is 7.51. The summed E-state index contributed by atoms with van der Waals surface area (Å²) in [7, 11) is 6.03. The van der Waals surface area contributed by atoms with Crippen molar-refractivity contribution in [3.05, 3.63) is 67.4 Å². The van der Waals surface area contributed by atoms with Crippen molar-refractivity contribution in [3.8, 4) is 0 Å². The smallest absolute Gasteiger partial charge is 0.332 e. The van der Waals surface area contributed by atoms with E-state index in [1.54, 1.807) is 20.2 Å². The van der Waals surface area contributed by atoms with Gasteiger partial charge in [0.1, 0.15) is 11.3 Å². The molecule has 0 unspecified atom stereocenters. The fraction of sp³-hybridized carbons (Fsp3) is 0.211. The highest BCUT2D eigenvalue weighted by Gasteiger charge is 2.16. The first kappa shape index (κ1) is 20.3. The number of rotatable bonds is 3. The highest BCUT2D eigenvalue weighted by Crippen LogP contribution is 2.22. The molecule has 0 radical (unpaired) electrons.